The van der Waals surface area contributed by atoms with Gasteiger partial charge in [0.2, 0.25) is 0 Å². The van der Waals surface area contributed by atoms with Crippen LogP contribution in [0.15, 0.2) is 58.1 Å². The van der Waals surface area contributed by atoms with Gasteiger partial charge in [-0.3, -0.25) is 9.79 Å². The van der Waals surface area contributed by atoms with E-state index in [1.165, 1.54) is 11.8 Å². The lowest BCUT2D eigenvalue weighted by Crippen LogP contribution is -2.41. The number of rotatable bonds is 8. The topological polar surface area (TPSA) is 78.7 Å². The van der Waals surface area contributed by atoms with Crippen molar-refractivity contribution in [3.63, 3.8) is 0 Å². The van der Waals surface area contributed by atoms with Crippen LogP contribution in [0.5, 0.6) is 0 Å². The first-order valence-corrected chi connectivity index (χ1v) is 8.17. The average Bonchev–Trinajstić information content (AvgIpc) is 3.14. The van der Waals surface area contributed by atoms with E-state index in [0.29, 0.717) is 25.4 Å². The Kier molecular flexibility index (Phi) is 7.40. The molecule has 1 aromatic heterocycles. The number of carbonyl (C=O) groups excluding carboxylic acids is 1. The zero-order chi connectivity index (χ0) is 17.0. The molecule has 0 saturated heterocycles. The fraction of sp³-hybridized carbons (Fsp3) is 0.333. The van der Waals surface area contributed by atoms with E-state index in [9.17, 15) is 4.79 Å². The zero-order valence-electron chi connectivity index (χ0n) is 13.9. The second-order valence-corrected chi connectivity index (χ2v) is 5.16. The minimum Gasteiger partial charge on any atom is -0.459 e. The lowest BCUT2D eigenvalue weighted by Gasteiger charge is -2.11. The molecule has 0 aliphatic heterocycles. The summed E-state index contributed by atoms with van der Waals surface area (Å²) in [5, 5.41) is 9.18. The molecule has 1 heterocycles. The summed E-state index contributed by atoms with van der Waals surface area (Å²) in [7, 11) is 0. The molecule has 24 heavy (non-hydrogen) atoms. The molecule has 0 radical (unpaired) electrons. The van der Waals surface area contributed by atoms with Crippen molar-refractivity contribution in [1.29, 1.82) is 0 Å². The molecule has 0 atom stereocenters. The number of nitrogens with one attached hydrogen (secondary N) is 3. The van der Waals surface area contributed by atoms with Gasteiger partial charge in [0, 0.05) is 26.2 Å². The third-order valence-corrected chi connectivity index (χ3v) is 3.31. The van der Waals surface area contributed by atoms with Crippen LogP contribution in [-0.4, -0.2) is 38.0 Å². The van der Waals surface area contributed by atoms with E-state index in [4.69, 9.17) is 4.42 Å². The highest BCUT2D eigenvalue weighted by atomic mass is 16.3. The average molecular weight is 328 g/mol. The third-order valence-electron chi connectivity index (χ3n) is 3.31. The Balaban J connectivity index is 1.70. The number of hydrogen-bond donors (Lipinski definition) is 3. The first kappa shape index (κ1) is 17.6. The molecular weight excluding hydrogens is 304 g/mol. The molecule has 0 fully saturated rings. The standard InChI is InChI=1S/C18H24N4O2/c1-2-19-18(21-11-10-15-7-4-3-5-8-15)22-13-12-20-17(23)16-9-6-14-24-16/h3-9,14H,2,10-13H2,1H3,(H,20,23)(H2,19,21,22). The molecule has 0 aliphatic carbocycles. The summed E-state index contributed by atoms with van der Waals surface area (Å²) in [6.45, 7) is 4.59. The predicted molar refractivity (Wildman–Crippen MR) is 95.2 cm³/mol. The number of aliphatic imine (C=N–C) groups is 1. The van der Waals surface area contributed by atoms with Crippen molar-refractivity contribution in [2.45, 2.75) is 13.3 Å². The van der Waals surface area contributed by atoms with Crippen LogP contribution in [0.1, 0.15) is 23.0 Å². The van der Waals surface area contributed by atoms with Crippen LogP contribution in [0.3, 0.4) is 0 Å². The quantitative estimate of drug-likeness (QED) is 0.392. The van der Waals surface area contributed by atoms with Crippen LogP contribution >= 0.6 is 0 Å². The highest BCUT2D eigenvalue weighted by Crippen LogP contribution is 1.99. The van der Waals surface area contributed by atoms with Crippen molar-refractivity contribution in [2.24, 2.45) is 4.99 Å². The molecule has 3 N–H and O–H groups in total. The van der Waals surface area contributed by atoms with Crippen LogP contribution in [0.2, 0.25) is 0 Å². The monoisotopic (exact) mass is 328 g/mol. The van der Waals surface area contributed by atoms with Crippen molar-refractivity contribution in [3.8, 4) is 0 Å². The number of hydrogen-bond acceptors (Lipinski definition) is 3. The Morgan fingerprint density at radius 2 is 1.83 bits per heavy atom. The van der Waals surface area contributed by atoms with Crippen molar-refractivity contribution in [3.05, 3.63) is 60.1 Å². The summed E-state index contributed by atoms with van der Waals surface area (Å²) in [6.07, 6.45) is 2.38. The van der Waals surface area contributed by atoms with Crippen molar-refractivity contribution in [2.75, 3.05) is 26.2 Å². The second kappa shape index (κ2) is 10.1. The number of furan rings is 1. The highest BCUT2D eigenvalue weighted by Gasteiger charge is 2.06. The summed E-state index contributed by atoms with van der Waals surface area (Å²) >= 11 is 0. The Hall–Kier alpha value is -2.76. The van der Waals surface area contributed by atoms with Crippen LogP contribution in [0, 0.1) is 0 Å². The van der Waals surface area contributed by atoms with E-state index in [1.807, 2.05) is 25.1 Å². The minimum atomic E-state index is -0.215. The van der Waals surface area contributed by atoms with Gasteiger partial charge in [0.05, 0.1) is 6.26 Å². The lowest BCUT2D eigenvalue weighted by atomic mass is 10.2. The Bertz CT molecular complexity index is 624. The van der Waals surface area contributed by atoms with Gasteiger partial charge < -0.3 is 20.4 Å². The van der Waals surface area contributed by atoms with Crippen LogP contribution < -0.4 is 16.0 Å². The van der Waals surface area contributed by atoms with Crippen LogP contribution in [0.4, 0.5) is 0 Å². The van der Waals surface area contributed by atoms with E-state index in [0.717, 1.165) is 18.9 Å². The molecule has 1 aromatic carbocycles. The van der Waals surface area contributed by atoms with Gasteiger partial charge in [-0.05, 0) is 31.0 Å². The van der Waals surface area contributed by atoms with Crippen molar-refractivity contribution < 1.29 is 9.21 Å². The van der Waals surface area contributed by atoms with E-state index < -0.39 is 0 Å². The molecule has 0 aliphatic rings. The zero-order valence-corrected chi connectivity index (χ0v) is 13.9. The third kappa shape index (κ3) is 6.16. The number of nitrogens with zero attached hydrogens (tertiary/aromatic N) is 1. The van der Waals surface area contributed by atoms with Crippen molar-refractivity contribution >= 4 is 11.9 Å². The summed E-state index contributed by atoms with van der Waals surface area (Å²) in [5.74, 6) is 0.854. The number of benzene rings is 1. The molecule has 0 saturated carbocycles. The Labute approximate surface area is 142 Å². The van der Waals surface area contributed by atoms with E-state index in [1.54, 1.807) is 12.1 Å². The van der Waals surface area contributed by atoms with E-state index in [-0.39, 0.29) is 5.91 Å². The van der Waals surface area contributed by atoms with Gasteiger partial charge in [0.1, 0.15) is 0 Å². The van der Waals surface area contributed by atoms with Gasteiger partial charge >= 0.3 is 0 Å². The molecule has 0 bridgehead atoms. The maximum Gasteiger partial charge on any atom is 0.287 e. The van der Waals surface area contributed by atoms with Gasteiger partial charge in [0.15, 0.2) is 11.7 Å². The summed E-state index contributed by atoms with van der Waals surface area (Å²) in [4.78, 5) is 16.3. The van der Waals surface area contributed by atoms with Gasteiger partial charge in [-0.1, -0.05) is 30.3 Å². The molecule has 6 heteroatoms. The van der Waals surface area contributed by atoms with Gasteiger partial charge in [-0.2, -0.15) is 0 Å². The van der Waals surface area contributed by atoms with Gasteiger partial charge in [-0.25, -0.2) is 0 Å². The molecule has 6 nitrogen and oxygen atoms in total. The van der Waals surface area contributed by atoms with Crippen LogP contribution in [-0.2, 0) is 6.42 Å². The first-order chi connectivity index (χ1) is 11.8. The molecule has 0 spiro atoms. The molecule has 0 unspecified atom stereocenters. The maximum atomic E-state index is 11.7. The first-order valence-electron chi connectivity index (χ1n) is 8.17. The fourth-order valence-electron chi connectivity index (χ4n) is 2.14. The number of guanidine groups is 1. The predicted octanol–water partition coefficient (Wildman–Crippen LogP) is 1.81. The second-order valence-electron chi connectivity index (χ2n) is 5.16. The van der Waals surface area contributed by atoms with Gasteiger partial charge in [-0.15, -0.1) is 0 Å². The molecule has 2 aromatic rings. The molecular formula is C18H24N4O2. The van der Waals surface area contributed by atoms with E-state index >= 15 is 0 Å². The lowest BCUT2D eigenvalue weighted by molar-refractivity contribution is 0.0926. The van der Waals surface area contributed by atoms with E-state index in [2.05, 4.69) is 33.1 Å². The summed E-state index contributed by atoms with van der Waals surface area (Å²) < 4.78 is 5.04. The van der Waals surface area contributed by atoms with Crippen molar-refractivity contribution in [1.82, 2.24) is 16.0 Å². The minimum absolute atomic E-state index is 0.215. The molecule has 128 valence electrons. The largest absolute Gasteiger partial charge is 0.459 e. The smallest absolute Gasteiger partial charge is 0.287 e. The Morgan fingerprint density at radius 1 is 1.04 bits per heavy atom. The Morgan fingerprint density at radius 3 is 2.54 bits per heavy atom. The van der Waals surface area contributed by atoms with Gasteiger partial charge in [0.25, 0.3) is 5.91 Å². The number of amides is 1. The fourth-order valence-corrected chi connectivity index (χ4v) is 2.14. The van der Waals surface area contributed by atoms with Crippen LogP contribution in [0.25, 0.3) is 0 Å². The number of carbonyl (C=O) groups is 1. The molecule has 2 rings (SSSR count). The maximum absolute atomic E-state index is 11.7. The summed E-state index contributed by atoms with van der Waals surface area (Å²) in [6, 6.07) is 13.6. The highest BCUT2D eigenvalue weighted by molar-refractivity contribution is 5.91. The summed E-state index contributed by atoms with van der Waals surface area (Å²) in [5.41, 5.74) is 1.27. The normalized spacial score (nSPS) is 11.1. The molecule has 1 amide bonds. The SMILES string of the molecule is CCNC(=NCCc1ccccc1)NCCNC(=O)c1ccco1.